The fourth-order valence-electron chi connectivity index (χ4n) is 3.25. The summed E-state index contributed by atoms with van der Waals surface area (Å²) in [6.45, 7) is 0.266. The molecule has 4 rings (SSSR count). The van der Waals surface area contributed by atoms with Crippen LogP contribution in [0.2, 0.25) is 0 Å². The van der Waals surface area contributed by atoms with E-state index >= 15 is 0 Å². The van der Waals surface area contributed by atoms with Crippen LogP contribution < -0.4 is 14.8 Å². The molecule has 0 aliphatic carbocycles. The Morgan fingerprint density at radius 1 is 1.14 bits per heavy atom. The quantitative estimate of drug-likeness (QED) is 0.143. The first-order valence-electron chi connectivity index (χ1n) is 10.7. The van der Waals surface area contributed by atoms with Gasteiger partial charge in [-0.2, -0.15) is 0 Å². The molecule has 0 spiro atoms. The molecule has 192 valence electrons. The van der Waals surface area contributed by atoms with Gasteiger partial charge in [-0.15, -0.1) is 0 Å². The van der Waals surface area contributed by atoms with Crippen molar-refractivity contribution in [2.45, 2.75) is 16.6 Å². The topological polar surface area (TPSA) is 81.0 Å². The molecule has 0 bridgehead atoms. The highest BCUT2D eigenvalue weighted by molar-refractivity contribution is 8.26. The molecule has 2 heterocycles. The van der Waals surface area contributed by atoms with Gasteiger partial charge in [-0.3, -0.25) is 14.5 Å². The second-order valence-electron chi connectivity index (χ2n) is 7.66. The maximum Gasteiger partial charge on any atom is 0.266 e. The maximum absolute atomic E-state index is 12.8. The van der Waals surface area contributed by atoms with Crippen molar-refractivity contribution in [1.29, 1.82) is 0 Å². The van der Waals surface area contributed by atoms with E-state index in [4.69, 9.17) is 60.9 Å². The van der Waals surface area contributed by atoms with Crippen LogP contribution in [0.15, 0.2) is 76.2 Å². The number of hydrogen-bond acceptors (Lipinski definition) is 7. The summed E-state index contributed by atoms with van der Waals surface area (Å²) in [6.07, 6.45) is 1.99. The molecular weight excluding hydrogens is 579 g/mol. The van der Waals surface area contributed by atoms with Crippen LogP contribution in [0.5, 0.6) is 11.5 Å². The average molecular weight is 598 g/mol. The molecule has 1 atom stereocenters. The number of ether oxygens (including phenoxy) is 2. The van der Waals surface area contributed by atoms with Gasteiger partial charge < -0.3 is 19.2 Å². The number of amides is 2. The number of thiocarbonyl (C=S) groups is 1. The molecule has 37 heavy (non-hydrogen) atoms. The largest absolute Gasteiger partial charge is 0.497 e. The molecule has 1 aliphatic heterocycles. The van der Waals surface area contributed by atoms with Gasteiger partial charge in [0, 0.05) is 5.56 Å². The van der Waals surface area contributed by atoms with Crippen LogP contribution in [0.1, 0.15) is 21.7 Å². The molecule has 1 saturated heterocycles. The Hall–Kier alpha value is -2.69. The standard InChI is InChI=1S/C25H19Cl3N2O5S2/c1-33-17-10-6-16(7-11-17)21(31)29-23(25(26,27)28)35-18-8-4-15(5-9-18)13-20-22(32)30(24(36)37-20)14-19-3-2-12-34-19/h2-13,23H,14H2,1H3,(H,29,31). The van der Waals surface area contributed by atoms with Crippen LogP contribution in [-0.4, -0.2) is 38.2 Å². The van der Waals surface area contributed by atoms with Crippen LogP contribution in [-0.2, 0) is 11.3 Å². The zero-order chi connectivity index (χ0) is 26.6. The van der Waals surface area contributed by atoms with E-state index in [2.05, 4.69) is 5.32 Å². The smallest absolute Gasteiger partial charge is 0.266 e. The molecule has 3 aromatic rings. The third-order valence-electron chi connectivity index (χ3n) is 5.11. The Bertz CT molecular complexity index is 1310. The zero-order valence-electron chi connectivity index (χ0n) is 19.2. The van der Waals surface area contributed by atoms with Crippen LogP contribution in [0, 0.1) is 0 Å². The summed E-state index contributed by atoms with van der Waals surface area (Å²) in [5.74, 6) is 0.887. The van der Waals surface area contributed by atoms with Crippen molar-refractivity contribution in [2.24, 2.45) is 0 Å². The van der Waals surface area contributed by atoms with E-state index < -0.39 is 15.9 Å². The Morgan fingerprint density at radius 3 is 2.41 bits per heavy atom. The van der Waals surface area contributed by atoms with Gasteiger partial charge in [-0.05, 0) is 60.2 Å². The maximum atomic E-state index is 12.8. The summed E-state index contributed by atoms with van der Waals surface area (Å²) in [5.41, 5.74) is 1.07. The van der Waals surface area contributed by atoms with Gasteiger partial charge in [0.15, 0.2) is 0 Å². The van der Waals surface area contributed by atoms with E-state index in [1.807, 2.05) is 0 Å². The summed E-state index contributed by atoms with van der Waals surface area (Å²) in [4.78, 5) is 27.4. The second kappa shape index (κ2) is 11.8. The Kier molecular flexibility index (Phi) is 8.71. The number of carbonyl (C=O) groups excluding carboxylic acids is 2. The number of methoxy groups -OCH3 is 1. The first-order chi connectivity index (χ1) is 17.6. The molecule has 0 radical (unpaired) electrons. The minimum absolute atomic E-state index is 0.204. The van der Waals surface area contributed by atoms with Crippen LogP contribution >= 0.6 is 58.8 Å². The molecule has 1 aromatic heterocycles. The number of furan rings is 1. The van der Waals surface area contributed by atoms with Gasteiger partial charge in [0.25, 0.3) is 11.8 Å². The van der Waals surface area contributed by atoms with Crippen molar-refractivity contribution < 1.29 is 23.5 Å². The van der Waals surface area contributed by atoms with E-state index in [0.717, 1.165) is 5.56 Å². The van der Waals surface area contributed by atoms with E-state index in [1.165, 1.54) is 23.8 Å². The van der Waals surface area contributed by atoms with Crippen molar-refractivity contribution in [3.05, 3.63) is 88.7 Å². The number of carbonyl (C=O) groups is 2. The Balaban J connectivity index is 1.43. The van der Waals surface area contributed by atoms with Gasteiger partial charge in [0.2, 0.25) is 10.0 Å². The van der Waals surface area contributed by atoms with E-state index in [-0.39, 0.29) is 12.5 Å². The van der Waals surface area contributed by atoms with Gasteiger partial charge in [-0.1, -0.05) is 70.9 Å². The van der Waals surface area contributed by atoms with E-state index in [0.29, 0.717) is 32.0 Å². The number of thioether (sulfide) groups is 1. The lowest BCUT2D eigenvalue weighted by atomic mass is 10.2. The zero-order valence-corrected chi connectivity index (χ0v) is 23.1. The molecule has 1 unspecified atom stereocenters. The first-order valence-corrected chi connectivity index (χ1v) is 13.1. The molecule has 12 heteroatoms. The van der Waals surface area contributed by atoms with Crippen molar-refractivity contribution >= 4 is 81.0 Å². The molecule has 1 fully saturated rings. The number of benzene rings is 2. The number of hydrogen-bond donors (Lipinski definition) is 1. The highest BCUT2D eigenvalue weighted by Gasteiger charge is 2.36. The van der Waals surface area contributed by atoms with Crippen molar-refractivity contribution in [2.75, 3.05) is 7.11 Å². The predicted molar refractivity (Wildman–Crippen MR) is 149 cm³/mol. The monoisotopic (exact) mass is 596 g/mol. The molecule has 1 N–H and O–H groups in total. The van der Waals surface area contributed by atoms with E-state index in [1.54, 1.807) is 73.0 Å². The minimum Gasteiger partial charge on any atom is -0.497 e. The normalized spacial score (nSPS) is 15.7. The lowest BCUT2D eigenvalue weighted by Gasteiger charge is -2.26. The number of alkyl halides is 3. The summed E-state index contributed by atoms with van der Waals surface area (Å²) in [7, 11) is 1.53. The first kappa shape index (κ1) is 27.3. The minimum atomic E-state index is -1.96. The predicted octanol–water partition coefficient (Wildman–Crippen LogP) is 6.19. The number of rotatable bonds is 8. The van der Waals surface area contributed by atoms with Gasteiger partial charge in [0.1, 0.15) is 21.6 Å². The summed E-state index contributed by atoms with van der Waals surface area (Å²) in [6, 6.07) is 16.7. The average Bonchev–Trinajstić information content (AvgIpc) is 3.48. The Labute approximate surface area is 237 Å². The van der Waals surface area contributed by atoms with E-state index in [9.17, 15) is 9.59 Å². The lowest BCUT2D eigenvalue weighted by molar-refractivity contribution is -0.122. The summed E-state index contributed by atoms with van der Waals surface area (Å²) in [5, 5.41) is 2.58. The van der Waals surface area contributed by atoms with Gasteiger partial charge in [-0.25, -0.2) is 0 Å². The number of nitrogens with one attached hydrogen (secondary N) is 1. The summed E-state index contributed by atoms with van der Waals surface area (Å²) < 4.78 is 14.7. The van der Waals surface area contributed by atoms with Crippen LogP contribution in [0.25, 0.3) is 6.08 Å². The molecule has 2 amide bonds. The number of halogens is 3. The lowest BCUT2D eigenvalue weighted by Crippen LogP contribution is -2.47. The fourth-order valence-corrected chi connectivity index (χ4v) is 4.80. The van der Waals surface area contributed by atoms with Crippen molar-refractivity contribution in [3.63, 3.8) is 0 Å². The third kappa shape index (κ3) is 7.00. The third-order valence-corrected chi connectivity index (χ3v) is 7.08. The van der Waals surface area contributed by atoms with Gasteiger partial charge >= 0.3 is 0 Å². The van der Waals surface area contributed by atoms with Crippen LogP contribution in [0.3, 0.4) is 0 Å². The highest BCUT2D eigenvalue weighted by Crippen LogP contribution is 2.35. The molecule has 1 aliphatic rings. The highest BCUT2D eigenvalue weighted by atomic mass is 35.6. The van der Waals surface area contributed by atoms with Gasteiger partial charge in [0.05, 0.1) is 24.8 Å². The van der Waals surface area contributed by atoms with Crippen LogP contribution in [0.4, 0.5) is 0 Å². The molecule has 7 nitrogen and oxygen atoms in total. The second-order valence-corrected chi connectivity index (χ2v) is 11.7. The van der Waals surface area contributed by atoms with Crippen molar-refractivity contribution in [3.8, 4) is 11.5 Å². The van der Waals surface area contributed by atoms with Crippen molar-refractivity contribution in [1.82, 2.24) is 10.2 Å². The summed E-state index contributed by atoms with van der Waals surface area (Å²) >= 11 is 24.8. The molecule has 0 saturated carbocycles. The Morgan fingerprint density at radius 2 is 1.81 bits per heavy atom. The molecular formula is C25H19Cl3N2O5S2. The number of nitrogens with zero attached hydrogens (tertiary/aromatic N) is 1. The molecule has 2 aromatic carbocycles. The fraction of sp³-hybridized carbons (Fsp3) is 0.160. The SMILES string of the molecule is COc1ccc(C(=O)NC(Oc2ccc(C=C3SC(=S)N(Cc4ccco4)C3=O)cc2)C(Cl)(Cl)Cl)cc1.